The molecule has 0 aliphatic carbocycles. The summed E-state index contributed by atoms with van der Waals surface area (Å²) in [7, 11) is 0. The number of halogens is 3. The normalized spacial score (nSPS) is 10.9. The summed E-state index contributed by atoms with van der Waals surface area (Å²) >= 11 is 12.2. The lowest BCUT2D eigenvalue weighted by Crippen LogP contribution is -2.06. The van der Waals surface area contributed by atoms with E-state index in [0.717, 1.165) is 16.7 Å². The fraction of sp³-hybridized carbons (Fsp3) is 0.0952. The molecule has 0 aliphatic rings. The molecule has 27 heavy (non-hydrogen) atoms. The Morgan fingerprint density at radius 2 is 1.78 bits per heavy atom. The first kappa shape index (κ1) is 19.2. The number of rotatable bonds is 7. The van der Waals surface area contributed by atoms with Gasteiger partial charge in [0.2, 0.25) is 0 Å². The third-order valence-electron chi connectivity index (χ3n) is 3.80. The number of nitrogens with one attached hydrogen (secondary N) is 1. The van der Waals surface area contributed by atoms with Gasteiger partial charge in [-0.2, -0.15) is 5.10 Å². The lowest BCUT2D eigenvalue weighted by molar-refractivity contribution is 0.305. The molecule has 0 radical (unpaired) electrons. The lowest BCUT2D eigenvalue weighted by Gasteiger charge is -2.10. The van der Waals surface area contributed by atoms with Gasteiger partial charge < -0.3 is 10.2 Å². The van der Waals surface area contributed by atoms with Gasteiger partial charge in [0.05, 0.1) is 12.8 Å². The van der Waals surface area contributed by atoms with E-state index in [1.807, 2.05) is 24.3 Å². The van der Waals surface area contributed by atoms with E-state index < -0.39 is 0 Å². The van der Waals surface area contributed by atoms with Gasteiger partial charge in [0.15, 0.2) is 0 Å². The predicted molar refractivity (Wildman–Crippen MR) is 108 cm³/mol. The van der Waals surface area contributed by atoms with Crippen molar-refractivity contribution in [2.24, 2.45) is 5.10 Å². The molecule has 0 heterocycles. The Balaban J connectivity index is 1.64. The molecule has 3 nitrogen and oxygen atoms in total. The van der Waals surface area contributed by atoms with E-state index in [9.17, 15) is 4.39 Å². The fourth-order valence-corrected chi connectivity index (χ4v) is 2.76. The summed E-state index contributed by atoms with van der Waals surface area (Å²) in [6.07, 6.45) is 1.64. The predicted octanol–water partition coefficient (Wildman–Crippen LogP) is 5.84. The zero-order valence-corrected chi connectivity index (χ0v) is 15.8. The summed E-state index contributed by atoms with van der Waals surface area (Å²) in [5, 5.41) is 5.49. The average molecular weight is 403 g/mol. The first-order chi connectivity index (χ1) is 13.1. The molecular formula is C21H17Cl2FN2O. The molecule has 0 saturated carbocycles. The molecular weight excluding hydrogens is 386 g/mol. The molecule has 0 unspecified atom stereocenters. The zero-order valence-electron chi connectivity index (χ0n) is 14.3. The maximum absolute atomic E-state index is 13.0. The minimum absolute atomic E-state index is 0.275. The molecule has 0 saturated heterocycles. The van der Waals surface area contributed by atoms with Crippen LogP contribution in [0.25, 0.3) is 0 Å². The molecule has 0 fully saturated rings. The minimum atomic E-state index is -0.275. The Morgan fingerprint density at radius 1 is 1.00 bits per heavy atom. The highest BCUT2D eigenvalue weighted by molar-refractivity contribution is 6.31. The molecule has 0 atom stereocenters. The quantitative estimate of drug-likeness (QED) is 0.398. The molecule has 3 aromatic carbocycles. The van der Waals surface area contributed by atoms with E-state index in [-0.39, 0.29) is 5.82 Å². The summed E-state index contributed by atoms with van der Waals surface area (Å²) in [4.78, 5) is 0. The van der Waals surface area contributed by atoms with Crippen LogP contribution in [0.4, 0.5) is 4.39 Å². The highest BCUT2D eigenvalue weighted by atomic mass is 35.5. The number of nitrogens with zero attached hydrogens (tertiary/aromatic N) is 1. The maximum Gasteiger partial charge on any atom is 0.128 e. The molecule has 1 N–H and O–H groups in total. The van der Waals surface area contributed by atoms with E-state index in [1.54, 1.807) is 36.5 Å². The van der Waals surface area contributed by atoms with E-state index in [1.165, 1.54) is 12.1 Å². The SMILES string of the molecule is Fc1ccc(COc2ccc(Cl)cc2/C=N\NCc2ccccc2Cl)cc1. The number of hydrazone groups is 1. The molecule has 0 amide bonds. The van der Waals surface area contributed by atoms with Gasteiger partial charge in [0.25, 0.3) is 0 Å². The van der Waals surface area contributed by atoms with Crippen LogP contribution in [0.3, 0.4) is 0 Å². The Labute approximate surface area is 167 Å². The summed E-state index contributed by atoms with van der Waals surface area (Å²) in [6.45, 7) is 0.818. The van der Waals surface area contributed by atoms with Gasteiger partial charge in [-0.3, -0.25) is 0 Å². The largest absolute Gasteiger partial charge is 0.488 e. The molecule has 0 bridgehead atoms. The highest BCUT2D eigenvalue weighted by Gasteiger charge is 2.04. The van der Waals surface area contributed by atoms with E-state index in [4.69, 9.17) is 27.9 Å². The van der Waals surface area contributed by atoms with E-state index in [0.29, 0.717) is 28.9 Å². The Morgan fingerprint density at radius 3 is 2.56 bits per heavy atom. The topological polar surface area (TPSA) is 33.6 Å². The smallest absolute Gasteiger partial charge is 0.128 e. The van der Waals surface area contributed by atoms with Crippen molar-refractivity contribution < 1.29 is 9.13 Å². The molecule has 3 rings (SSSR count). The second kappa shape index (κ2) is 9.40. The first-order valence-corrected chi connectivity index (χ1v) is 9.03. The number of hydrogen-bond donors (Lipinski definition) is 1. The van der Waals surface area contributed by atoms with Crippen molar-refractivity contribution >= 4 is 29.4 Å². The summed E-state index contributed by atoms with van der Waals surface area (Å²) in [5.74, 6) is 0.356. The van der Waals surface area contributed by atoms with Crippen LogP contribution < -0.4 is 10.2 Å². The monoisotopic (exact) mass is 402 g/mol. The van der Waals surface area contributed by atoms with E-state index >= 15 is 0 Å². The van der Waals surface area contributed by atoms with Crippen LogP contribution in [0.5, 0.6) is 5.75 Å². The average Bonchev–Trinajstić information content (AvgIpc) is 2.67. The summed E-state index contributed by atoms with van der Waals surface area (Å²) in [5.41, 5.74) is 5.52. The van der Waals surface area contributed by atoms with Crippen molar-refractivity contribution in [2.75, 3.05) is 0 Å². The van der Waals surface area contributed by atoms with Crippen molar-refractivity contribution in [1.29, 1.82) is 0 Å². The number of benzene rings is 3. The fourth-order valence-electron chi connectivity index (χ4n) is 2.38. The second-order valence-corrected chi connectivity index (χ2v) is 6.63. The van der Waals surface area contributed by atoms with Gasteiger partial charge in [-0.25, -0.2) is 4.39 Å². The van der Waals surface area contributed by atoms with Crippen LogP contribution in [-0.4, -0.2) is 6.21 Å². The molecule has 3 aromatic rings. The third kappa shape index (κ3) is 5.71. The molecule has 0 spiro atoms. The number of hydrogen-bond acceptors (Lipinski definition) is 3. The van der Waals surface area contributed by atoms with Crippen LogP contribution >= 0.6 is 23.2 Å². The van der Waals surface area contributed by atoms with Gasteiger partial charge in [-0.1, -0.05) is 53.5 Å². The number of ether oxygens (including phenoxy) is 1. The first-order valence-electron chi connectivity index (χ1n) is 8.28. The van der Waals surface area contributed by atoms with E-state index in [2.05, 4.69) is 10.5 Å². The van der Waals surface area contributed by atoms with Gasteiger partial charge in [0.1, 0.15) is 18.2 Å². The van der Waals surface area contributed by atoms with Gasteiger partial charge in [0, 0.05) is 15.6 Å². The van der Waals surface area contributed by atoms with Crippen molar-refractivity contribution in [3.05, 3.63) is 99.3 Å². The Hall–Kier alpha value is -2.56. The van der Waals surface area contributed by atoms with Gasteiger partial charge in [-0.15, -0.1) is 0 Å². The lowest BCUT2D eigenvalue weighted by atomic mass is 10.2. The van der Waals surface area contributed by atoms with Crippen LogP contribution in [0.2, 0.25) is 10.0 Å². The zero-order chi connectivity index (χ0) is 19.1. The minimum Gasteiger partial charge on any atom is -0.488 e. The standard InChI is InChI=1S/C21H17Cl2FN2O/c22-18-7-10-21(27-14-15-5-8-19(24)9-6-15)17(11-18)13-26-25-12-16-3-1-2-4-20(16)23/h1-11,13,25H,12,14H2/b26-13-. The van der Waals surface area contributed by atoms with Crippen LogP contribution in [0.1, 0.15) is 16.7 Å². The van der Waals surface area contributed by atoms with Crippen LogP contribution in [0, 0.1) is 5.82 Å². The molecule has 0 aromatic heterocycles. The Bertz CT molecular complexity index is 930. The molecule has 138 valence electrons. The van der Waals surface area contributed by atoms with Crippen LogP contribution in [-0.2, 0) is 13.2 Å². The highest BCUT2D eigenvalue weighted by Crippen LogP contribution is 2.22. The Kier molecular flexibility index (Phi) is 6.69. The maximum atomic E-state index is 13.0. The second-order valence-electron chi connectivity index (χ2n) is 5.78. The molecule has 6 heteroatoms. The summed E-state index contributed by atoms with van der Waals surface area (Å²) < 4.78 is 18.8. The van der Waals surface area contributed by atoms with Gasteiger partial charge in [-0.05, 0) is 47.5 Å². The third-order valence-corrected chi connectivity index (χ3v) is 4.41. The van der Waals surface area contributed by atoms with Crippen LogP contribution in [0.15, 0.2) is 71.8 Å². The van der Waals surface area contributed by atoms with Crippen molar-refractivity contribution in [2.45, 2.75) is 13.2 Å². The van der Waals surface area contributed by atoms with Gasteiger partial charge >= 0.3 is 0 Å². The van der Waals surface area contributed by atoms with Crippen molar-refractivity contribution in [3.63, 3.8) is 0 Å². The van der Waals surface area contributed by atoms with Crippen molar-refractivity contribution in [3.8, 4) is 5.75 Å². The summed E-state index contributed by atoms with van der Waals surface area (Å²) in [6, 6.07) is 19.0. The molecule has 0 aliphatic heterocycles. The van der Waals surface area contributed by atoms with Crippen molar-refractivity contribution in [1.82, 2.24) is 5.43 Å².